The quantitative estimate of drug-likeness (QED) is 0.386. The highest BCUT2D eigenvalue weighted by atomic mass is 13.9. The molecule has 0 N–H and O–H groups in total. The molecule has 0 aromatic heterocycles. The monoisotopic (exact) mass is 166 g/mol. The van der Waals surface area contributed by atoms with Crippen molar-refractivity contribution in [2.24, 2.45) is 0 Å². The van der Waals surface area contributed by atoms with Crippen molar-refractivity contribution < 1.29 is 0 Å². The summed E-state index contributed by atoms with van der Waals surface area (Å²) in [6.45, 7) is 8.44. The van der Waals surface area contributed by atoms with Crippen LogP contribution in [-0.4, -0.2) is 0 Å². The molecule has 0 amide bonds. The van der Waals surface area contributed by atoms with E-state index in [9.17, 15) is 0 Å². The van der Waals surface area contributed by atoms with E-state index < -0.39 is 0 Å². The van der Waals surface area contributed by atoms with E-state index >= 15 is 0 Å². The molecular weight excluding hydrogens is 144 g/mol. The Morgan fingerprint density at radius 1 is 1.17 bits per heavy atom. The Kier molecular flexibility index (Phi) is 8.20. The average molecular weight is 166 g/mol. The van der Waals surface area contributed by atoms with Crippen LogP contribution in [0.1, 0.15) is 52.4 Å². The van der Waals surface area contributed by atoms with Crippen LogP contribution in [0.15, 0.2) is 24.3 Å². The van der Waals surface area contributed by atoms with Crippen LogP contribution in [0.2, 0.25) is 0 Å². The van der Waals surface area contributed by atoms with E-state index in [0.717, 1.165) is 6.42 Å². The van der Waals surface area contributed by atoms with Gasteiger partial charge in [-0.2, -0.15) is 0 Å². The Labute approximate surface area is 77.4 Å². The molecule has 0 heterocycles. The van der Waals surface area contributed by atoms with Gasteiger partial charge in [0.05, 0.1) is 0 Å². The zero-order valence-electron chi connectivity index (χ0n) is 8.60. The smallest absolute Gasteiger partial charge is 0.0142 e. The Hall–Kier alpha value is -0.520. The van der Waals surface area contributed by atoms with E-state index in [2.05, 4.69) is 32.6 Å². The van der Waals surface area contributed by atoms with E-state index in [1.807, 2.05) is 0 Å². The molecule has 0 aliphatic carbocycles. The summed E-state index contributed by atoms with van der Waals surface area (Å²) < 4.78 is 0. The number of hydrogen-bond acceptors (Lipinski definition) is 0. The number of unbranched alkanes of at least 4 members (excludes halogenated alkanes) is 2. The first-order valence-electron chi connectivity index (χ1n) is 5.12. The number of allylic oxidation sites excluding steroid dienone is 3. The van der Waals surface area contributed by atoms with Gasteiger partial charge in [0.15, 0.2) is 0 Å². The van der Waals surface area contributed by atoms with Crippen molar-refractivity contribution in [1.82, 2.24) is 0 Å². The molecule has 0 heteroatoms. The normalized spacial score (nSPS) is 10.8. The zero-order valence-corrected chi connectivity index (χ0v) is 8.60. The Morgan fingerprint density at radius 3 is 2.50 bits per heavy atom. The van der Waals surface area contributed by atoms with E-state index in [-0.39, 0.29) is 0 Å². The van der Waals surface area contributed by atoms with Crippen molar-refractivity contribution in [2.75, 3.05) is 0 Å². The summed E-state index contributed by atoms with van der Waals surface area (Å²) in [4.78, 5) is 0. The molecule has 0 aliphatic heterocycles. The molecule has 0 atom stereocenters. The molecule has 70 valence electrons. The maximum absolute atomic E-state index is 4.01. The summed E-state index contributed by atoms with van der Waals surface area (Å²) in [7, 11) is 0. The molecule has 0 saturated heterocycles. The van der Waals surface area contributed by atoms with Crippen molar-refractivity contribution in [3.8, 4) is 0 Å². The molecule has 0 bridgehead atoms. The molecule has 12 heavy (non-hydrogen) atoms. The van der Waals surface area contributed by atoms with Gasteiger partial charge < -0.3 is 0 Å². The van der Waals surface area contributed by atoms with Gasteiger partial charge in [-0.15, -0.1) is 0 Å². The lowest BCUT2D eigenvalue weighted by Crippen LogP contribution is -1.77. The van der Waals surface area contributed by atoms with Crippen LogP contribution in [-0.2, 0) is 0 Å². The average Bonchev–Trinajstić information content (AvgIpc) is 2.05. The molecule has 0 unspecified atom stereocenters. The molecule has 0 aromatic carbocycles. The first kappa shape index (κ1) is 11.5. The Balaban J connectivity index is 3.27. The lowest BCUT2D eigenvalue weighted by Gasteiger charge is -1.97. The Bertz CT molecular complexity index is 131. The van der Waals surface area contributed by atoms with Gasteiger partial charge in [-0.25, -0.2) is 0 Å². The largest absolute Gasteiger partial charge is 0.0995 e. The van der Waals surface area contributed by atoms with Crippen LogP contribution in [0.3, 0.4) is 0 Å². The van der Waals surface area contributed by atoms with Crippen LogP contribution in [0.5, 0.6) is 0 Å². The standard InChI is InChI=1S/C12H22/c1-4-6-7-8-9-11-12(3)10-5-2/h8-9H,3-7,10-11H2,1-2H3. The summed E-state index contributed by atoms with van der Waals surface area (Å²) in [6, 6.07) is 0. The third-order valence-corrected chi connectivity index (χ3v) is 1.90. The van der Waals surface area contributed by atoms with Gasteiger partial charge in [0, 0.05) is 0 Å². The maximum Gasteiger partial charge on any atom is -0.0142 e. The molecule has 0 radical (unpaired) electrons. The van der Waals surface area contributed by atoms with Gasteiger partial charge in [0.25, 0.3) is 0 Å². The van der Waals surface area contributed by atoms with Crippen LogP contribution in [0, 0.1) is 0 Å². The van der Waals surface area contributed by atoms with Crippen molar-refractivity contribution >= 4 is 0 Å². The van der Waals surface area contributed by atoms with Gasteiger partial charge >= 0.3 is 0 Å². The lowest BCUT2D eigenvalue weighted by molar-refractivity contribution is 0.811. The summed E-state index contributed by atoms with van der Waals surface area (Å²) >= 11 is 0. The first-order valence-corrected chi connectivity index (χ1v) is 5.12. The van der Waals surface area contributed by atoms with Crippen LogP contribution in [0.25, 0.3) is 0 Å². The SMILES string of the molecule is C=C(CC=CCCCC)CCC. The second-order valence-electron chi connectivity index (χ2n) is 3.32. The molecule has 0 rings (SSSR count). The fourth-order valence-electron chi connectivity index (χ4n) is 1.15. The van der Waals surface area contributed by atoms with Crippen molar-refractivity contribution in [3.05, 3.63) is 24.3 Å². The van der Waals surface area contributed by atoms with Crippen LogP contribution < -0.4 is 0 Å². The summed E-state index contributed by atoms with van der Waals surface area (Å²) in [6.07, 6.45) is 11.9. The van der Waals surface area contributed by atoms with E-state index in [1.54, 1.807) is 0 Å². The molecule has 0 fully saturated rings. The van der Waals surface area contributed by atoms with Crippen LogP contribution >= 0.6 is 0 Å². The van der Waals surface area contributed by atoms with E-state index in [0.29, 0.717) is 0 Å². The lowest BCUT2D eigenvalue weighted by atomic mass is 10.1. The van der Waals surface area contributed by atoms with Crippen molar-refractivity contribution in [1.29, 1.82) is 0 Å². The summed E-state index contributed by atoms with van der Waals surface area (Å²) in [5.74, 6) is 0. The maximum atomic E-state index is 4.01. The third kappa shape index (κ3) is 7.59. The topological polar surface area (TPSA) is 0 Å². The minimum Gasteiger partial charge on any atom is -0.0995 e. The molecule has 0 saturated carbocycles. The van der Waals surface area contributed by atoms with Gasteiger partial charge in [-0.1, -0.05) is 57.4 Å². The molecule has 0 aliphatic rings. The first-order chi connectivity index (χ1) is 5.81. The minimum atomic E-state index is 1.08. The highest BCUT2D eigenvalue weighted by Gasteiger charge is 1.87. The van der Waals surface area contributed by atoms with Gasteiger partial charge in [-0.3, -0.25) is 0 Å². The predicted molar refractivity (Wildman–Crippen MR) is 57.3 cm³/mol. The third-order valence-electron chi connectivity index (χ3n) is 1.90. The molecular formula is C12H22. The fourth-order valence-corrected chi connectivity index (χ4v) is 1.15. The predicted octanol–water partition coefficient (Wildman–Crippen LogP) is 4.48. The zero-order chi connectivity index (χ0) is 9.23. The fraction of sp³-hybridized carbons (Fsp3) is 0.667. The van der Waals surface area contributed by atoms with Crippen molar-refractivity contribution in [3.63, 3.8) is 0 Å². The molecule has 0 spiro atoms. The number of rotatable bonds is 7. The second kappa shape index (κ2) is 8.58. The summed E-state index contributed by atoms with van der Waals surface area (Å²) in [5.41, 5.74) is 1.37. The highest BCUT2D eigenvalue weighted by molar-refractivity contribution is 5.01. The van der Waals surface area contributed by atoms with E-state index in [1.165, 1.54) is 37.7 Å². The Morgan fingerprint density at radius 2 is 1.92 bits per heavy atom. The van der Waals surface area contributed by atoms with Crippen LogP contribution in [0.4, 0.5) is 0 Å². The second-order valence-corrected chi connectivity index (χ2v) is 3.32. The highest BCUT2D eigenvalue weighted by Crippen LogP contribution is 2.07. The van der Waals surface area contributed by atoms with Crippen molar-refractivity contribution in [2.45, 2.75) is 52.4 Å². The van der Waals surface area contributed by atoms with Gasteiger partial charge in [0.1, 0.15) is 0 Å². The van der Waals surface area contributed by atoms with E-state index in [4.69, 9.17) is 0 Å². The molecule has 0 nitrogen and oxygen atoms in total. The summed E-state index contributed by atoms with van der Waals surface area (Å²) in [5, 5.41) is 0. The minimum absolute atomic E-state index is 1.08. The number of hydrogen-bond donors (Lipinski definition) is 0. The van der Waals surface area contributed by atoms with Gasteiger partial charge in [0.2, 0.25) is 0 Å². The molecule has 0 aromatic rings. The van der Waals surface area contributed by atoms with Gasteiger partial charge in [-0.05, 0) is 19.3 Å².